The van der Waals surface area contributed by atoms with Crippen LogP contribution in [0.15, 0.2) is 12.5 Å². The lowest BCUT2D eigenvalue weighted by Gasteiger charge is -2.39. The van der Waals surface area contributed by atoms with E-state index < -0.39 is 20.1 Å². The fraction of sp³-hybridized carbons (Fsp3) is 0.684. The van der Waals surface area contributed by atoms with Gasteiger partial charge in [0.05, 0.1) is 24.7 Å². The molecule has 1 fully saturated rings. The van der Waals surface area contributed by atoms with Crippen molar-refractivity contribution in [2.24, 2.45) is 0 Å². The Bertz CT molecular complexity index is 857. The lowest BCUT2D eigenvalue weighted by Crippen LogP contribution is -2.45. The van der Waals surface area contributed by atoms with E-state index in [1.54, 1.807) is 0 Å². The van der Waals surface area contributed by atoms with Crippen molar-refractivity contribution in [3.05, 3.63) is 18.1 Å². The highest BCUT2D eigenvalue weighted by Gasteiger charge is 2.51. The first-order chi connectivity index (χ1) is 12.9. The third-order valence-corrected chi connectivity index (χ3v) is 10.7. The van der Waals surface area contributed by atoms with Crippen LogP contribution < -0.4 is 5.73 Å². The molecule has 0 saturated carbocycles. The van der Waals surface area contributed by atoms with E-state index in [0.29, 0.717) is 17.9 Å². The van der Waals surface area contributed by atoms with Crippen molar-refractivity contribution in [3.63, 3.8) is 0 Å². The van der Waals surface area contributed by atoms with Crippen molar-refractivity contribution in [2.75, 3.05) is 18.9 Å². The molecule has 1 saturated heterocycles. The molecule has 0 aliphatic carbocycles. The molecule has 0 unspecified atom stereocenters. The lowest BCUT2D eigenvalue weighted by atomic mass is 10.0. The Hall–Kier alpha value is -1.52. The number of nitrogens with two attached hydrogens (primary N) is 1. The number of hydrogen-bond acceptors (Lipinski definition) is 7. The summed E-state index contributed by atoms with van der Waals surface area (Å²) in [4.78, 5) is 8.50. The number of aryl methyl sites for hydroxylation is 1. The van der Waals surface area contributed by atoms with Gasteiger partial charge in [-0.2, -0.15) is 0 Å². The number of fused-ring (bicyclic) bond motifs is 1. The predicted molar refractivity (Wildman–Crippen MR) is 110 cm³/mol. The Labute approximate surface area is 166 Å². The predicted octanol–water partition coefficient (Wildman–Crippen LogP) is 2.35. The van der Waals surface area contributed by atoms with Gasteiger partial charge in [-0.3, -0.25) is 0 Å². The van der Waals surface area contributed by atoms with Crippen LogP contribution in [0.1, 0.15) is 39.0 Å². The second kappa shape index (κ2) is 7.07. The van der Waals surface area contributed by atoms with E-state index >= 15 is 0 Å². The molecule has 2 aromatic rings. The fourth-order valence-corrected chi connectivity index (χ4v) is 4.79. The Morgan fingerprint density at radius 2 is 1.96 bits per heavy atom. The summed E-state index contributed by atoms with van der Waals surface area (Å²) in [6, 6.07) is 0. The first kappa shape index (κ1) is 21.2. The van der Waals surface area contributed by atoms with E-state index in [2.05, 4.69) is 43.8 Å². The molecule has 0 bridgehead atoms. The number of anilines is 1. The zero-order valence-corrected chi connectivity index (χ0v) is 18.6. The maximum absolute atomic E-state index is 9.94. The molecule has 9 heteroatoms. The summed E-state index contributed by atoms with van der Waals surface area (Å²) in [6.07, 6.45) is 2.90. The van der Waals surface area contributed by atoms with Crippen LogP contribution in [0.2, 0.25) is 18.1 Å². The van der Waals surface area contributed by atoms with Gasteiger partial charge in [-0.25, -0.2) is 9.97 Å². The van der Waals surface area contributed by atoms with Gasteiger partial charge >= 0.3 is 0 Å². The molecule has 156 valence electrons. The zero-order chi connectivity index (χ0) is 20.9. The van der Waals surface area contributed by atoms with Gasteiger partial charge in [0.1, 0.15) is 23.4 Å². The minimum absolute atomic E-state index is 0.0164. The summed E-state index contributed by atoms with van der Waals surface area (Å²) < 4.78 is 14.8. The minimum Gasteiger partial charge on any atom is -0.409 e. The summed E-state index contributed by atoms with van der Waals surface area (Å²) in [7, 11) is -2.12. The van der Waals surface area contributed by atoms with Gasteiger partial charge in [0.2, 0.25) is 0 Å². The highest BCUT2D eigenvalue weighted by atomic mass is 28.4. The van der Waals surface area contributed by atoms with Crippen LogP contribution in [0.4, 0.5) is 5.82 Å². The average molecular weight is 409 g/mol. The van der Waals surface area contributed by atoms with E-state index in [1.807, 2.05) is 17.7 Å². The maximum atomic E-state index is 9.94. The molecule has 3 rings (SSSR count). The van der Waals surface area contributed by atoms with Gasteiger partial charge in [0, 0.05) is 12.6 Å². The van der Waals surface area contributed by atoms with Crippen LogP contribution in [0.3, 0.4) is 0 Å². The molecule has 3 heterocycles. The average Bonchev–Trinajstić information content (AvgIpc) is 3.13. The number of nitrogens with zero attached hydrogens (tertiary/aromatic N) is 3. The largest absolute Gasteiger partial charge is 0.409 e. The molecular formula is C19H32N4O4Si. The number of aliphatic hydroxyl groups is 2. The standard InChI is InChI=1S/C19H32N4O4Si/c1-12-8-23(16-14(12)15(20)21-11-22-16)17-13(7-19(9-24,10-25)26-17)27-28(5,6)18(2,3)4/h8,11,13,17,24-25H,7,9-10H2,1-6H3,(H2,20,21,22)/t13-,17-/m1/s1. The topological polar surface area (TPSA) is 116 Å². The zero-order valence-electron chi connectivity index (χ0n) is 17.6. The Morgan fingerprint density at radius 3 is 2.54 bits per heavy atom. The van der Waals surface area contributed by atoms with Gasteiger partial charge in [-0.15, -0.1) is 0 Å². The summed E-state index contributed by atoms with van der Waals surface area (Å²) in [5.74, 6) is 0.414. The molecule has 0 radical (unpaired) electrons. The fourth-order valence-electron chi connectivity index (χ4n) is 3.48. The molecule has 0 spiro atoms. The van der Waals surface area contributed by atoms with Gasteiger partial charge < -0.3 is 29.7 Å². The molecule has 1 aliphatic heterocycles. The molecule has 4 N–H and O–H groups in total. The number of hydrogen-bond donors (Lipinski definition) is 3. The van der Waals surface area contributed by atoms with E-state index in [0.717, 1.165) is 10.9 Å². The van der Waals surface area contributed by atoms with E-state index in [4.69, 9.17) is 14.9 Å². The molecule has 2 aromatic heterocycles. The van der Waals surface area contributed by atoms with Crippen molar-refractivity contribution in [3.8, 4) is 0 Å². The number of ether oxygens (including phenoxy) is 1. The van der Waals surface area contributed by atoms with Crippen molar-refractivity contribution >= 4 is 25.2 Å². The molecule has 0 amide bonds. The maximum Gasteiger partial charge on any atom is 0.192 e. The van der Waals surface area contributed by atoms with Gasteiger partial charge in [-0.05, 0) is 30.6 Å². The summed E-state index contributed by atoms with van der Waals surface area (Å²) in [6.45, 7) is 12.3. The van der Waals surface area contributed by atoms with Crippen LogP contribution in [-0.4, -0.2) is 58.0 Å². The van der Waals surface area contributed by atoms with Gasteiger partial charge in [-0.1, -0.05) is 20.8 Å². The Balaban J connectivity index is 2.07. The summed E-state index contributed by atoms with van der Waals surface area (Å²) >= 11 is 0. The number of aromatic nitrogens is 3. The van der Waals surface area contributed by atoms with Crippen LogP contribution in [0.5, 0.6) is 0 Å². The molecule has 1 aliphatic rings. The molecule has 8 nitrogen and oxygen atoms in total. The van der Waals surface area contributed by atoms with Crippen LogP contribution in [0.25, 0.3) is 11.0 Å². The smallest absolute Gasteiger partial charge is 0.192 e. The second-order valence-electron chi connectivity index (χ2n) is 9.31. The summed E-state index contributed by atoms with van der Waals surface area (Å²) in [5, 5.41) is 20.7. The van der Waals surface area contributed by atoms with Gasteiger partial charge in [0.25, 0.3) is 0 Å². The Kier molecular flexibility index (Phi) is 5.35. The number of rotatable bonds is 5. The highest BCUT2D eigenvalue weighted by Crippen LogP contribution is 2.45. The van der Waals surface area contributed by atoms with Crippen molar-refractivity contribution in [2.45, 2.75) is 70.2 Å². The second-order valence-corrected chi connectivity index (χ2v) is 14.1. The van der Waals surface area contributed by atoms with Crippen LogP contribution >= 0.6 is 0 Å². The van der Waals surface area contributed by atoms with Crippen molar-refractivity contribution < 1.29 is 19.4 Å². The van der Waals surface area contributed by atoms with Crippen LogP contribution in [-0.2, 0) is 9.16 Å². The normalized spacial score (nSPS) is 22.9. The third-order valence-electron chi connectivity index (χ3n) is 6.19. The quantitative estimate of drug-likeness (QED) is 0.650. The van der Waals surface area contributed by atoms with Crippen molar-refractivity contribution in [1.29, 1.82) is 0 Å². The number of nitrogen functional groups attached to an aromatic ring is 1. The first-order valence-corrected chi connectivity index (χ1v) is 12.5. The molecule has 28 heavy (non-hydrogen) atoms. The first-order valence-electron chi connectivity index (χ1n) is 9.60. The highest BCUT2D eigenvalue weighted by molar-refractivity contribution is 6.74. The van der Waals surface area contributed by atoms with E-state index in [9.17, 15) is 10.2 Å². The van der Waals surface area contributed by atoms with Crippen LogP contribution in [0, 0.1) is 6.92 Å². The minimum atomic E-state index is -2.12. The number of aliphatic hydroxyl groups excluding tert-OH is 2. The summed E-state index contributed by atoms with van der Waals surface area (Å²) in [5.41, 5.74) is 6.60. The monoisotopic (exact) mass is 408 g/mol. The third kappa shape index (κ3) is 3.46. The lowest BCUT2D eigenvalue weighted by molar-refractivity contribution is -0.126. The SMILES string of the molecule is Cc1cn([C@@H]2OC(CO)(CO)C[C@H]2O[Si](C)(C)C(C)(C)C)c2ncnc(N)c12. The molecular weight excluding hydrogens is 376 g/mol. The van der Waals surface area contributed by atoms with Crippen molar-refractivity contribution in [1.82, 2.24) is 14.5 Å². The van der Waals surface area contributed by atoms with E-state index in [1.165, 1.54) is 6.33 Å². The molecule has 2 atom stereocenters. The Morgan fingerprint density at radius 1 is 1.32 bits per heavy atom. The van der Waals surface area contributed by atoms with Gasteiger partial charge in [0.15, 0.2) is 14.5 Å². The molecule has 0 aromatic carbocycles. The van der Waals surface area contributed by atoms with E-state index in [-0.39, 0.29) is 24.4 Å².